The molecule has 0 N–H and O–H groups in total. The number of hydrogen-bond donors (Lipinski definition) is 0. The van der Waals surface area contributed by atoms with Crippen LogP contribution < -0.4 is 0 Å². The Hall–Kier alpha value is -2.61. The summed E-state index contributed by atoms with van der Waals surface area (Å²) in [6.07, 6.45) is -2.85. The standard InChI is InChI=1S/C18H18F3N3O2/c1-11(15-8-9-25-23-15)24(3)10-16-12(2)26-17(22-16)13-4-6-14(7-5-13)18(19,20)21/h4-9,11H,10H2,1-3H3. The Morgan fingerprint density at radius 2 is 1.85 bits per heavy atom. The molecule has 3 rings (SSSR count). The second kappa shape index (κ2) is 6.95. The molecule has 0 aliphatic rings. The fourth-order valence-corrected chi connectivity index (χ4v) is 2.54. The second-order valence-electron chi connectivity index (χ2n) is 6.11. The highest BCUT2D eigenvalue weighted by Gasteiger charge is 2.30. The number of rotatable bonds is 5. The molecule has 2 heterocycles. The zero-order valence-electron chi connectivity index (χ0n) is 14.5. The zero-order chi connectivity index (χ0) is 18.9. The number of nitrogens with zero attached hydrogens (tertiary/aromatic N) is 3. The number of aromatic nitrogens is 2. The van der Waals surface area contributed by atoms with E-state index in [4.69, 9.17) is 8.94 Å². The molecule has 138 valence electrons. The van der Waals surface area contributed by atoms with Crippen molar-refractivity contribution in [1.82, 2.24) is 15.0 Å². The molecule has 5 nitrogen and oxygen atoms in total. The van der Waals surface area contributed by atoms with Crippen LogP contribution in [0.3, 0.4) is 0 Å². The van der Waals surface area contributed by atoms with E-state index in [1.807, 2.05) is 18.9 Å². The van der Waals surface area contributed by atoms with Crippen molar-refractivity contribution in [2.75, 3.05) is 7.05 Å². The van der Waals surface area contributed by atoms with Gasteiger partial charge in [-0.2, -0.15) is 13.2 Å². The fourth-order valence-electron chi connectivity index (χ4n) is 2.54. The van der Waals surface area contributed by atoms with Gasteiger partial charge in [-0.15, -0.1) is 0 Å². The van der Waals surface area contributed by atoms with Crippen LogP contribution in [0.25, 0.3) is 11.5 Å². The molecule has 8 heteroatoms. The molecular weight excluding hydrogens is 347 g/mol. The van der Waals surface area contributed by atoms with Crippen molar-refractivity contribution in [3.05, 3.63) is 59.3 Å². The highest BCUT2D eigenvalue weighted by Crippen LogP contribution is 2.31. The molecule has 1 unspecified atom stereocenters. The van der Waals surface area contributed by atoms with Gasteiger partial charge in [0.2, 0.25) is 5.89 Å². The summed E-state index contributed by atoms with van der Waals surface area (Å²) in [5, 5.41) is 3.93. The van der Waals surface area contributed by atoms with Crippen molar-refractivity contribution < 1.29 is 22.1 Å². The van der Waals surface area contributed by atoms with Gasteiger partial charge in [0.05, 0.1) is 17.3 Å². The largest absolute Gasteiger partial charge is 0.441 e. The SMILES string of the molecule is Cc1oc(-c2ccc(C(F)(F)F)cc2)nc1CN(C)C(C)c1ccon1. The van der Waals surface area contributed by atoms with Crippen molar-refractivity contribution in [3.63, 3.8) is 0 Å². The van der Waals surface area contributed by atoms with Crippen LogP contribution in [-0.2, 0) is 12.7 Å². The van der Waals surface area contributed by atoms with Crippen molar-refractivity contribution in [2.24, 2.45) is 0 Å². The van der Waals surface area contributed by atoms with Gasteiger partial charge >= 0.3 is 6.18 Å². The van der Waals surface area contributed by atoms with Gasteiger partial charge in [0, 0.05) is 18.2 Å². The maximum Gasteiger partial charge on any atom is 0.416 e. The Bertz CT molecular complexity index is 855. The van der Waals surface area contributed by atoms with E-state index in [1.54, 1.807) is 13.0 Å². The number of alkyl halides is 3. The van der Waals surface area contributed by atoms with Crippen LogP contribution in [0.5, 0.6) is 0 Å². The maximum absolute atomic E-state index is 12.7. The number of oxazole rings is 1. The molecule has 0 saturated carbocycles. The molecule has 1 atom stereocenters. The van der Waals surface area contributed by atoms with E-state index in [1.165, 1.54) is 18.4 Å². The van der Waals surface area contributed by atoms with Crippen LogP contribution in [0.1, 0.15) is 35.7 Å². The third kappa shape index (κ3) is 3.80. The quantitative estimate of drug-likeness (QED) is 0.647. The van der Waals surface area contributed by atoms with Crippen LogP contribution >= 0.6 is 0 Å². The average molecular weight is 365 g/mol. The molecule has 2 aromatic heterocycles. The molecule has 26 heavy (non-hydrogen) atoms. The van der Waals surface area contributed by atoms with Gasteiger partial charge in [0.1, 0.15) is 17.7 Å². The minimum atomic E-state index is -4.36. The first-order valence-electron chi connectivity index (χ1n) is 8.00. The third-order valence-corrected chi connectivity index (χ3v) is 4.30. The zero-order valence-corrected chi connectivity index (χ0v) is 14.5. The molecule has 0 saturated heterocycles. The summed E-state index contributed by atoms with van der Waals surface area (Å²) in [5.74, 6) is 0.924. The predicted octanol–water partition coefficient (Wildman–Crippen LogP) is 4.85. The normalized spacial score (nSPS) is 13.3. The van der Waals surface area contributed by atoms with E-state index in [0.717, 1.165) is 23.5 Å². The lowest BCUT2D eigenvalue weighted by Crippen LogP contribution is -2.22. The van der Waals surface area contributed by atoms with Gasteiger partial charge < -0.3 is 8.94 Å². The van der Waals surface area contributed by atoms with Gasteiger partial charge in [-0.3, -0.25) is 4.90 Å². The lowest BCUT2D eigenvalue weighted by Gasteiger charge is -2.21. The second-order valence-corrected chi connectivity index (χ2v) is 6.11. The topological polar surface area (TPSA) is 55.3 Å². The Labute approximate surface area is 148 Å². The molecule has 0 aliphatic heterocycles. The summed E-state index contributed by atoms with van der Waals surface area (Å²) in [6, 6.07) is 6.57. The molecule has 0 aliphatic carbocycles. The van der Waals surface area contributed by atoms with Gasteiger partial charge in [0.15, 0.2) is 0 Å². The van der Waals surface area contributed by atoms with Gasteiger partial charge in [0.25, 0.3) is 0 Å². The van der Waals surface area contributed by atoms with E-state index in [-0.39, 0.29) is 6.04 Å². The summed E-state index contributed by atoms with van der Waals surface area (Å²) in [4.78, 5) is 6.47. The van der Waals surface area contributed by atoms with Crippen LogP contribution in [0.15, 0.2) is 45.5 Å². The fraction of sp³-hybridized carbons (Fsp3) is 0.333. The Morgan fingerprint density at radius 3 is 2.42 bits per heavy atom. The van der Waals surface area contributed by atoms with Crippen molar-refractivity contribution in [2.45, 2.75) is 32.6 Å². The van der Waals surface area contributed by atoms with E-state index in [2.05, 4.69) is 10.1 Å². The molecule has 0 fully saturated rings. The monoisotopic (exact) mass is 365 g/mol. The average Bonchev–Trinajstić information content (AvgIpc) is 3.24. The highest BCUT2D eigenvalue weighted by molar-refractivity contribution is 5.54. The van der Waals surface area contributed by atoms with E-state index in [0.29, 0.717) is 23.8 Å². The van der Waals surface area contributed by atoms with Crippen molar-refractivity contribution in [3.8, 4) is 11.5 Å². The maximum atomic E-state index is 12.7. The first-order valence-corrected chi connectivity index (χ1v) is 8.00. The molecule has 0 spiro atoms. The van der Waals surface area contributed by atoms with Crippen molar-refractivity contribution >= 4 is 0 Å². The molecule has 3 aromatic rings. The number of benzene rings is 1. The summed E-state index contributed by atoms with van der Waals surface area (Å²) in [5.41, 5.74) is 1.32. The van der Waals surface area contributed by atoms with E-state index in [9.17, 15) is 13.2 Å². The lowest BCUT2D eigenvalue weighted by atomic mass is 10.1. The third-order valence-electron chi connectivity index (χ3n) is 4.30. The predicted molar refractivity (Wildman–Crippen MR) is 88.1 cm³/mol. The Morgan fingerprint density at radius 1 is 1.15 bits per heavy atom. The molecule has 0 bridgehead atoms. The molecule has 0 amide bonds. The highest BCUT2D eigenvalue weighted by atomic mass is 19.4. The summed E-state index contributed by atoms with van der Waals surface area (Å²) in [6.45, 7) is 4.28. The van der Waals surface area contributed by atoms with E-state index < -0.39 is 11.7 Å². The number of aryl methyl sites for hydroxylation is 1. The Balaban J connectivity index is 1.77. The van der Waals surface area contributed by atoms with Crippen LogP contribution in [0.4, 0.5) is 13.2 Å². The molecular formula is C18H18F3N3O2. The van der Waals surface area contributed by atoms with E-state index >= 15 is 0 Å². The van der Waals surface area contributed by atoms with Crippen LogP contribution in [0, 0.1) is 6.92 Å². The number of halogens is 3. The summed E-state index contributed by atoms with van der Waals surface area (Å²) >= 11 is 0. The summed E-state index contributed by atoms with van der Waals surface area (Å²) in [7, 11) is 1.92. The Kier molecular flexibility index (Phi) is 4.86. The van der Waals surface area contributed by atoms with Gasteiger partial charge in [-0.1, -0.05) is 5.16 Å². The number of hydrogen-bond acceptors (Lipinski definition) is 5. The smallest absolute Gasteiger partial charge is 0.416 e. The summed E-state index contributed by atoms with van der Waals surface area (Å²) < 4.78 is 48.5. The lowest BCUT2D eigenvalue weighted by molar-refractivity contribution is -0.137. The first-order chi connectivity index (χ1) is 12.3. The minimum absolute atomic E-state index is 0.0133. The van der Waals surface area contributed by atoms with Crippen LogP contribution in [-0.4, -0.2) is 22.1 Å². The molecule has 1 aromatic carbocycles. The first kappa shape index (κ1) is 18.2. The van der Waals surface area contributed by atoms with Crippen molar-refractivity contribution in [1.29, 1.82) is 0 Å². The van der Waals surface area contributed by atoms with Gasteiger partial charge in [-0.25, -0.2) is 4.98 Å². The van der Waals surface area contributed by atoms with Crippen LogP contribution in [0.2, 0.25) is 0 Å². The van der Waals surface area contributed by atoms with Gasteiger partial charge in [-0.05, 0) is 45.2 Å². The minimum Gasteiger partial charge on any atom is -0.441 e. The molecule has 0 radical (unpaired) electrons.